The van der Waals surface area contributed by atoms with Crippen LogP contribution in [-0.4, -0.2) is 101 Å². The number of sulfone groups is 1. The lowest BCUT2D eigenvalue weighted by atomic mass is 9.79. The van der Waals surface area contributed by atoms with Crippen LogP contribution in [0.15, 0.2) is 34.2 Å². The van der Waals surface area contributed by atoms with Crippen LogP contribution in [0.5, 0.6) is 0 Å². The van der Waals surface area contributed by atoms with Crippen molar-refractivity contribution in [1.82, 2.24) is 15.3 Å². The lowest BCUT2D eigenvalue weighted by Gasteiger charge is -2.53. The summed E-state index contributed by atoms with van der Waals surface area (Å²) in [6.45, 7) is 1.34. The molecule has 12 nitrogen and oxygen atoms in total. The zero-order valence-electron chi connectivity index (χ0n) is 17.0. The molecule has 5 unspecified atom stereocenters. The number of carbonyl (C=O) groups is 1. The van der Waals surface area contributed by atoms with Crippen molar-refractivity contribution in [2.24, 2.45) is 10.7 Å². The average Bonchev–Trinajstić information content (AvgIpc) is 3.11. The number of carbonyl (C=O) groups excluding carboxylic acids is 1. The Balaban J connectivity index is 1.62. The topological polar surface area (TPSA) is 178 Å². The second kappa shape index (κ2) is 7.12. The summed E-state index contributed by atoms with van der Waals surface area (Å²) in [7, 11) is -3.41. The fourth-order valence-electron chi connectivity index (χ4n) is 4.74. The molecule has 0 radical (unpaired) electrons. The van der Waals surface area contributed by atoms with Crippen LogP contribution in [0.1, 0.15) is 17.3 Å². The Hall–Kier alpha value is -2.29. The van der Waals surface area contributed by atoms with Gasteiger partial charge in [0.2, 0.25) is 5.96 Å². The number of esters is 1. The van der Waals surface area contributed by atoms with Gasteiger partial charge in [-0.25, -0.2) is 18.2 Å². The molecule has 2 saturated heterocycles. The first-order valence-electron chi connectivity index (χ1n) is 9.59. The van der Waals surface area contributed by atoms with Crippen molar-refractivity contribution < 1.29 is 33.4 Å². The van der Waals surface area contributed by atoms with Crippen LogP contribution in [-0.2, 0) is 14.6 Å². The van der Waals surface area contributed by atoms with Gasteiger partial charge in [-0.05, 0) is 31.2 Å². The number of aliphatic hydroxyl groups is 2. The van der Waals surface area contributed by atoms with E-state index in [9.17, 15) is 28.6 Å². The van der Waals surface area contributed by atoms with Gasteiger partial charge in [0.05, 0.1) is 29.8 Å². The molecule has 3 aliphatic heterocycles. The van der Waals surface area contributed by atoms with E-state index in [1.807, 2.05) is 0 Å². The number of guanidine groups is 1. The lowest BCUT2D eigenvalue weighted by molar-refractivity contribution is -0.248. The maximum Gasteiger partial charge on any atom is 0.338 e. The molecule has 3 heterocycles. The molecular formula is C18H25N5O7S. The van der Waals surface area contributed by atoms with Crippen LogP contribution in [0, 0.1) is 0 Å². The monoisotopic (exact) mass is 455 g/mol. The molecule has 1 aromatic carbocycles. The Kier molecular flexibility index (Phi) is 5.03. The van der Waals surface area contributed by atoms with Crippen molar-refractivity contribution >= 4 is 21.8 Å². The SMILES string of the molecule is CC1(O)C(OC(=O)c2ccc(S(C)(=O)=O)cc2)CN2CNC(CO)C3N=C(N)N(O)C321. The van der Waals surface area contributed by atoms with Crippen LogP contribution in [0.2, 0.25) is 0 Å². The molecule has 0 aromatic heterocycles. The third kappa shape index (κ3) is 3.03. The minimum absolute atomic E-state index is 0.0572. The third-order valence-corrected chi connectivity index (χ3v) is 7.48. The lowest BCUT2D eigenvalue weighted by Crippen LogP contribution is -2.78. The number of ether oxygens (including phenoxy) is 1. The van der Waals surface area contributed by atoms with E-state index in [2.05, 4.69) is 10.3 Å². The second-order valence-electron chi connectivity index (χ2n) is 8.18. The summed E-state index contributed by atoms with van der Waals surface area (Å²) in [6.07, 6.45) is -0.0156. The standard InChI is InChI=1S/C18H25N5O7S/c1-17(26)13(30-15(25)10-3-5-11(6-4-10)31(2,28)29)7-22-9-20-12(8-24)14-18(17,22)23(27)16(19)21-14/h3-6,12-14,20,24,26-27H,7-9H2,1-2H3,(H2,19,21). The van der Waals surface area contributed by atoms with Crippen molar-refractivity contribution in [3.05, 3.63) is 29.8 Å². The Labute approximate surface area is 178 Å². The number of hydrogen-bond acceptors (Lipinski definition) is 12. The predicted octanol–water partition coefficient (Wildman–Crippen LogP) is -2.31. The molecule has 170 valence electrons. The Morgan fingerprint density at radius 3 is 2.61 bits per heavy atom. The van der Waals surface area contributed by atoms with E-state index in [1.165, 1.54) is 31.2 Å². The molecule has 1 aromatic rings. The minimum atomic E-state index is -3.41. The van der Waals surface area contributed by atoms with Gasteiger partial charge in [0.25, 0.3) is 0 Å². The minimum Gasteiger partial charge on any atom is -0.454 e. The smallest absolute Gasteiger partial charge is 0.338 e. The number of hydrogen-bond donors (Lipinski definition) is 5. The molecule has 2 fully saturated rings. The summed E-state index contributed by atoms with van der Waals surface area (Å²) >= 11 is 0. The summed E-state index contributed by atoms with van der Waals surface area (Å²) < 4.78 is 28.8. The largest absolute Gasteiger partial charge is 0.454 e. The molecular weight excluding hydrogens is 430 g/mol. The van der Waals surface area contributed by atoms with E-state index in [0.29, 0.717) is 5.06 Å². The quantitative estimate of drug-likeness (QED) is 0.308. The van der Waals surface area contributed by atoms with Gasteiger partial charge < -0.3 is 20.7 Å². The van der Waals surface area contributed by atoms with Crippen molar-refractivity contribution in [1.29, 1.82) is 0 Å². The molecule has 0 saturated carbocycles. The molecule has 0 aliphatic carbocycles. The van der Waals surface area contributed by atoms with Crippen LogP contribution >= 0.6 is 0 Å². The van der Waals surface area contributed by atoms with Crippen molar-refractivity contribution in [3.8, 4) is 0 Å². The summed E-state index contributed by atoms with van der Waals surface area (Å²) in [5.41, 5.74) is 2.58. The zero-order valence-corrected chi connectivity index (χ0v) is 17.8. The normalized spacial score (nSPS) is 35.5. The molecule has 0 amide bonds. The second-order valence-corrected chi connectivity index (χ2v) is 10.2. The van der Waals surface area contributed by atoms with Gasteiger partial charge in [-0.1, -0.05) is 0 Å². The van der Waals surface area contributed by atoms with Crippen molar-refractivity contribution in [2.75, 3.05) is 26.1 Å². The molecule has 1 spiro atoms. The van der Waals surface area contributed by atoms with Crippen LogP contribution in [0.4, 0.5) is 0 Å². The molecule has 4 rings (SSSR count). The highest BCUT2D eigenvalue weighted by atomic mass is 32.2. The van der Waals surface area contributed by atoms with Gasteiger partial charge in [0.1, 0.15) is 17.7 Å². The zero-order chi connectivity index (χ0) is 22.8. The maximum atomic E-state index is 12.7. The highest BCUT2D eigenvalue weighted by Crippen LogP contribution is 2.49. The summed E-state index contributed by atoms with van der Waals surface area (Å²) in [5.74, 6) is -0.984. The molecule has 13 heteroatoms. The van der Waals surface area contributed by atoms with Crippen LogP contribution < -0.4 is 11.1 Å². The molecule has 31 heavy (non-hydrogen) atoms. The summed E-state index contributed by atoms with van der Waals surface area (Å²) in [5, 5.41) is 35.8. The predicted molar refractivity (Wildman–Crippen MR) is 107 cm³/mol. The highest BCUT2D eigenvalue weighted by Gasteiger charge is 2.74. The molecule has 0 bridgehead atoms. The van der Waals surface area contributed by atoms with Gasteiger partial charge in [-0.2, -0.15) is 5.06 Å². The number of hydroxylamine groups is 2. The number of nitrogens with zero attached hydrogens (tertiary/aromatic N) is 3. The first-order chi connectivity index (χ1) is 14.4. The van der Waals surface area contributed by atoms with E-state index in [0.717, 1.165) is 6.26 Å². The Morgan fingerprint density at radius 1 is 1.39 bits per heavy atom. The van der Waals surface area contributed by atoms with E-state index in [1.54, 1.807) is 4.90 Å². The molecule has 5 atom stereocenters. The highest BCUT2D eigenvalue weighted by molar-refractivity contribution is 7.90. The van der Waals surface area contributed by atoms with Crippen molar-refractivity contribution in [2.45, 2.75) is 41.3 Å². The summed E-state index contributed by atoms with van der Waals surface area (Å²) in [6, 6.07) is 3.84. The number of aliphatic hydroxyl groups excluding tert-OH is 1. The van der Waals surface area contributed by atoms with Gasteiger partial charge >= 0.3 is 5.97 Å². The average molecular weight is 455 g/mol. The van der Waals surface area contributed by atoms with E-state index in [-0.39, 0.29) is 36.2 Å². The van der Waals surface area contributed by atoms with Gasteiger partial charge in [-0.3, -0.25) is 15.4 Å². The van der Waals surface area contributed by atoms with Gasteiger partial charge in [0.15, 0.2) is 15.5 Å². The van der Waals surface area contributed by atoms with E-state index < -0.39 is 45.3 Å². The van der Waals surface area contributed by atoms with Crippen LogP contribution in [0.25, 0.3) is 0 Å². The van der Waals surface area contributed by atoms with E-state index >= 15 is 0 Å². The van der Waals surface area contributed by atoms with Gasteiger partial charge in [0, 0.05) is 12.8 Å². The molecule has 6 N–H and O–H groups in total. The Bertz CT molecular complexity index is 1030. The van der Waals surface area contributed by atoms with Crippen molar-refractivity contribution in [3.63, 3.8) is 0 Å². The number of benzene rings is 1. The number of aliphatic imine (C=N–C) groups is 1. The first-order valence-corrected chi connectivity index (χ1v) is 11.5. The Morgan fingerprint density at radius 2 is 2.03 bits per heavy atom. The number of rotatable bonds is 4. The number of nitrogens with two attached hydrogens (primary N) is 1. The van der Waals surface area contributed by atoms with Gasteiger partial charge in [-0.15, -0.1) is 0 Å². The summed E-state index contributed by atoms with van der Waals surface area (Å²) in [4.78, 5) is 18.7. The maximum absolute atomic E-state index is 12.7. The van der Waals surface area contributed by atoms with E-state index in [4.69, 9.17) is 10.5 Å². The van der Waals surface area contributed by atoms with Crippen LogP contribution in [0.3, 0.4) is 0 Å². The fourth-order valence-corrected chi connectivity index (χ4v) is 5.37. The number of nitrogens with one attached hydrogen (secondary N) is 1. The molecule has 3 aliphatic rings. The first kappa shape index (κ1) is 21.9. The fraction of sp³-hybridized carbons (Fsp3) is 0.556. The third-order valence-electron chi connectivity index (χ3n) is 6.35.